The van der Waals surface area contributed by atoms with Crippen LogP contribution in [0.1, 0.15) is 27.7 Å². The molecule has 4 rings (SSSR count). The molecule has 0 aromatic heterocycles. The fourth-order valence-electron chi connectivity index (χ4n) is 4.63. The first-order valence-electron chi connectivity index (χ1n) is 10.8. The van der Waals surface area contributed by atoms with E-state index < -0.39 is 20.0 Å². The highest BCUT2D eigenvalue weighted by atomic mass is 32.2. The Morgan fingerprint density at radius 1 is 0.625 bits per heavy atom. The second-order valence-corrected chi connectivity index (χ2v) is 12.6. The fraction of sp³-hybridized carbons (Fsp3) is 0.545. The second kappa shape index (κ2) is 8.66. The molecule has 0 radical (unpaired) electrons. The molecular formula is C22H30N2O6S2. The maximum absolute atomic E-state index is 13.5. The van der Waals surface area contributed by atoms with Crippen molar-refractivity contribution in [1.29, 1.82) is 0 Å². The van der Waals surface area contributed by atoms with Crippen LogP contribution in [-0.4, -0.2) is 76.0 Å². The quantitative estimate of drug-likeness (QED) is 0.665. The normalized spacial score (nSPS) is 28.8. The average molecular weight is 483 g/mol. The standard InChI is InChI=1S/C22H30N2O6S2/c1-15-11-23(12-16(2)29-15)31(25,26)21-9-5-8-20-19(21)7-6-10-22(20)32(27,28)24-13-17(3)30-18(4)14-24/h5-10,15-18H,11-14H2,1-4H3/t15-,16+,17-,18+. The molecule has 0 spiro atoms. The predicted molar refractivity (Wildman–Crippen MR) is 121 cm³/mol. The Morgan fingerprint density at radius 3 is 1.25 bits per heavy atom. The molecule has 176 valence electrons. The molecule has 4 atom stereocenters. The van der Waals surface area contributed by atoms with E-state index in [9.17, 15) is 16.8 Å². The van der Waals surface area contributed by atoms with Crippen molar-refractivity contribution in [1.82, 2.24) is 8.61 Å². The molecule has 2 aliphatic heterocycles. The van der Waals surface area contributed by atoms with E-state index >= 15 is 0 Å². The number of hydrogen-bond donors (Lipinski definition) is 0. The molecule has 8 nitrogen and oxygen atoms in total. The number of morpholine rings is 2. The molecule has 2 heterocycles. The third-order valence-electron chi connectivity index (χ3n) is 5.85. The molecule has 0 aliphatic carbocycles. The molecular weight excluding hydrogens is 452 g/mol. The smallest absolute Gasteiger partial charge is 0.243 e. The summed E-state index contributed by atoms with van der Waals surface area (Å²) in [5, 5.41) is 0.796. The summed E-state index contributed by atoms with van der Waals surface area (Å²) in [5.41, 5.74) is 0. The summed E-state index contributed by atoms with van der Waals surface area (Å²) in [6, 6.07) is 9.62. The Hall–Kier alpha value is -1.56. The van der Waals surface area contributed by atoms with E-state index in [1.807, 2.05) is 27.7 Å². The van der Waals surface area contributed by atoms with Gasteiger partial charge in [-0.15, -0.1) is 0 Å². The van der Waals surface area contributed by atoms with E-state index in [4.69, 9.17) is 9.47 Å². The minimum absolute atomic E-state index is 0.108. The first kappa shape index (κ1) is 23.6. The van der Waals surface area contributed by atoms with Gasteiger partial charge in [-0.3, -0.25) is 0 Å². The molecule has 2 aromatic rings. The lowest BCUT2D eigenvalue weighted by atomic mass is 10.1. The molecule has 0 bridgehead atoms. The van der Waals surface area contributed by atoms with Gasteiger partial charge in [-0.1, -0.05) is 24.3 Å². The average Bonchev–Trinajstić information content (AvgIpc) is 2.71. The van der Waals surface area contributed by atoms with Gasteiger partial charge in [0.05, 0.1) is 34.2 Å². The van der Waals surface area contributed by atoms with Crippen LogP contribution in [0.15, 0.2) is 46.2 Å². The zero-order valence-electron chi connectivity index (χ0n) is 18.8. The molecule has 10 heteroatoms. The van der Waals surface area contributed by atoms with Gasteiger partial charge in [-0.05, 0) is 39.8 Å². The summed E-state index contributed by atoms with van der Waals surface area (Å²) >= 11 is 0. The van der Waals surface area contributed by atoms with Crippen LogP contribution in [0.4, 0.5) is 0 Å². The molecule has 0 amide bonds. The molecule has 0 saturated carbocycles. The summed E-state index contributed by atoms with van der Waals surface area (Å²) < 4.78 is 68.4. The lowest BCUT2D eigenvalue weighted by Crippen LogP contribution is -2.48. The van der Waals surface area contributed by atoms with Gasteiger partial charge in [0, 0.05) is 37.0 Å². The molecule has 2 aliphatic rings. The van der Waals surface area contributed by atoms with Crippen molar-refractivity contribution in [2.24, 2.45) is 0 Å². The Bertz CT molecular complexity index is 1100. The number of rotatable bonds is 4. The van der Waals surface area contributed by atoms with Crippen LogP contribution in [0.2, 0.25) is 0 Å². The highest BCUT2D eigenvalue weighted by molar-refractivity contribution is 7.89. The van der Waals surface area contributed by atoms with Crippen molar-refractivity contribution in [2.75, 3.05) is 26.2 Å². The van der Waals surface area contributed by atoms with E-state index in [2.05, 4.69) is 0 Å². The number of nitrogens with zero attached hydrogens (tertiary/aromatic N) is 2. The Balaban J connectivity index is 1.80. The third-order valence-corrected chi connectivity index (χ3v) is 9.63. The SMILES string of the molecule is C[C@@H]1CN(S(=O)(=O)c2cccc3c(S(=O)(=O)N4C[C@@H](C)O[C@@H](C)C4)cccc23)C[C@H](C)O1. The van der Waals surface area contributed by atoms with Crippen molar-refractivity contribution in [3.63, 3.8) is 0 Å². The van der Waals surface area contributed by atoms with Crippen molar-refractivity contribution in [2.45, 2.75) is 61.9 Å². The van der Waals surface area contributed by atoms with E-state index in [1.54, 1.807) is 24.3 Å². The zero-order valence-corrected chi connectivity index (χ0v) is 20.4. The Morgan fingerprint density at radius 2 is 0.938 bits per heavy atom. The predicted octanol–water partition coefficient (Wildman–Crippen LogP) is 2.44. The third kappa shape index (κ3) is 4.32. The number of sulfonamides is 2. The van der Waals surface area contributed by atoms with Crippen LogP contribution in [-0.2, 0) is 29.5 Å². The van der Waals surface area contributed by atoms with E-state index in [-0.39, 0.29) is 60.4 Å². The summed E-state index contributed by atoms with van der Waals surface area (Å²) in [4.78, 5) is 0.217. The number of fused-ring (bicyclic) bond motifs is 1. The largest absolute Gasteiger partial charge is 0.373 e. The van der Waals surface area contributed by atoms with E-state index in [1.165, 1.54) is 20.7 Å². The molecule has 32 heavy (non-hydrogen) atoms. The van der Waals surface area contributed by atoms with Gasteiger partial charge < -0.3 is 9.47 Å². The Kier molecular flexibility index (Phi) is 6.38. The van der Waals surface area contributed by atoms with Gasteiger partial charge in [-0.25, -0.2) is 16.8 Å². The zero-order chi connectivity index (χ0) is 23.3. The van der Waals surface area contributed by atoms with Gasteiger partial charge in [0.1, 0.15) is 0 Å². The van der Waals surface area contributed by atoms with Crippen molar-refractivity contribution < 1.29 is 26.3 Å². The Labute approximate surface area is 190 Å². The second-order valence-electron chi connectivity index (χ2n) is 8.77. The number of benzene rings is 2. The van der Waals surface area contributed by atoms with Crippen LogP contribution in [0, 0.1) is 0 Å². The maximum atomic E-state index is 13.5. The van der Waals surface area contributed by atoms with Crippen molar-refractivity contribution >= 4 is 30.8 Å². The summed E-state index contributed by atoms with van der Waals surface area (Å²) in [7, 11) is -7.67. The molecule has 2 fully saturated rings. The highest BCUT2D eigenvalue weighted by Gasteiger charge is 2.35. The van der Waals surface area contributed by atoms with Gasteiger partial charge in [0.2, 0.25) is 20.0 Å². The molecule has 0 unspecified atom stereocenters. The van der Waals surface area contributed by atoms with Gasteiger partial charge in [0.25, 0.3) is 0 Å². The first-order chi connectivity index (χ1) is 15.0. The lowest BCUT2D eigenvalue weighted by Gasteiger charge is -2.35. The monoisotopic (exact) mass is 482 g/mol. The lowest BCUT2D eigenvalue weighted by molar-refractivity contribution is -0.0442. The van der Waals surface area contributed by atoms with E-state index in [0.717, 1.165) is 0 Å². The fourth-order valence-corrected chi connectivity index (χ4v) is 8.23. The van der Waals surface area contributed by atoms with Gasteiger partial charge in [0.15, 0.2) is 0 Å². The molecule has 2 saturated heterocycles. The topological polar surface area (TPSA) is 93.2 Å². The minimum Gasteiger partial charge on any atom is -0.373 e. The summed E-state index contributed by atoms with van der Waals surface area (Å²) in [6.45, 7) is 8.39. The van der Waals surface area contributed by atoms with Gasteiger partial charge >= 0.3 is 0 Å². The summed E-state index contributed by atoms with van der Waals surface area (Å²) in [6.07, 6.45) is -0.871. The maximum Gasteiger partial charge on any atom is 0.243 e. The number of hydrogen-bond acceptors (Lipinski definition) is 6. The molecule has 2 aromatic carbocycles. The first-order valence-corrected chi connectivity index (χ1v) is 13.7. The molecule has 0 N–H and O–H groups in total. The van der Waals surface area contributed by atoms with Crippen LogP contribution in [0.25, 0.3) is 10.8 Å². The van der Waals surface area contributed by atoms with Crippen LogP contribution in [0.3, 0.4) is 0 Å². The van der Waals surface area contributed by atoms with E-state index in [0.29, 0.717) is 10.8 Å². The number of ether oxygens (including phenoxy) is 2. The van der Waals surface area contributed by atoms with Crippen LogP contribution in [0.5, 0.6) is 0 Å². The summed E-state index contributed by atoms with van der Waals surface area (Å²) in [5.74, 6) is 0. The van der Waals surface area contributed by atoms with Crippen LogP contribution < -0.4 is 0 Å². The van der Waals surface area contributed by atoms with Crippen LogP contribution >= 0.6 is 0 Å². The minimum atomic E-state index is -3.83. The highest BCUT2D eigenvalue weighted by Crippen LogP contribution is 2.33. The van der Waals surface area contributed by atoms with Crippen molar-refractivity contribution in [3.8, 4) is 0 Å². The van der Waals surface area contributed by atoms with Gasteiger partial charge in [-0.2, -0.15) is 8.61 Å². The van der Waals surface area contributed by atoms with Crippen molar-refractivity contribution in [3.05, 3.63) is 36.4 Å².